The number of morpholine rings is 1. The Bertz CT molecular complexity index is 375. The van der Waals surface area contributed by atoms with Crippen LogP contribution in [0.15, 0.2) is 24.3 Å². The Balaban J connectivity index is 1.68. The third-order valence-electron chi connectivity index (χ3n) is 3.07. The van der Waals surface area contributed by atoms with Crippen molar-refractivity contribution in [3.05, 3.63) is 29.8 Å². The van der Waals surface area contributed by atoms with Crippen molar-refractivity contribution < 1.29 is 9.47 Å². The molecule has 1 aromatic rings. The third-order valence-corrected chi connectivity index (χ3v) is 4.28. The zero-order valence-electron chi connectivity index (χ0n) is 9.72. The van der Waals surface area contributed by atoms with Gasteiger partial charge in [0.25, 0.3) is 0 Å². The molecule has 0 amide bonds. The summed E-state index contributed by atoms with van der Waals surface area (Å²) >= 11 is 1.94. The molecule has 3 nitrogen and oxygen atoms in total. The van der Waals surface area contributed by atoms with Gasteiger partial charge in [0.1, 0.15) is 11.9 Å². The Hall–Kier alpha value is -0.710. The smallest absolute Gasteiger partial charge is 0.120 e. The van der Waals surface area contributed by atoms with Crippen molar-refractivity contribution in [1.29, 1.82) is 0 Å². The topological polar surface area (TPSA) is 30.5 Å². The molecule has 3 rings (SSSR count). The van der Waals surface area contributed by atoms with E-state index in [0.29, 0.717) is 6.10 Å². The first kappa shape index (κ1) is 11.4. The Labute approximate surface area is 106 Å². The first-order valence-electron chi connectivity index (χ1n) is 6.08. The summed E-state index contributed by atoms with van der Waals surface area (Å²) in [5, 5.41) is 3.35. The molecule has 2 heterocycles. The van der Waals surface area contributed by atoms with E-state index >= 15 is 0 Å². The maximum atomic E-state index is 5.88. The summed E-state index contributed by atoms with van der Waals surface area (Å²) in [5.74, 6) is 3.21. The summed E-state index contributed by atoms with van der Waals surface area (Å²) in [7, 11) is 0. The van der Waals surface area contributed by atoms with E-state index < -0.39 is 0 Å². The summed E-state index contributed by atoms with van der Waals surface area (Å²) in [4.78, 5) is 0. The van der Waals surface area contributed by atoms with Crippen LogP contribution in [0.2, 0.25) is 0 Å². The number of hydrogen-bond acceptors (Lipinski definition) is 4. The van der Waals surface area contributed by atoms with Gasteiger partial charge in [-0.1, -0.05) is 12.1 Å². The van der Waals surface area contributed by atoms with Gasteiger partial charge in [-0.05, 0) is 17.7 Å². The Morgan fingerprint density at radius 3 is 3.00 bits per heavy atom. The monoisotopic (exact) mass is 251 g/mol. The van der Waals surface area contributed by atoms with Gasteiger partial charge in [0.15, 0.2) is 0 Å². The molecule has 17 heavy (non-hydrogen) atoms. The lowest BCUT2D eigenvalue weighted by atomic mass is 10.1. The van der Waals surface area contributed by atoms with Crippen LogP contribution in [0.3, 0.4) is 0 Å². The molecule has 0 bridgehead atoms. The number of benzene rings is 1. The van der Waals surface area contributed by atoms with Crippen molar-refractivity contribution in [1.82, 2.24) is 5.32 Å². The molecule has 1 atom stereocenters. The standard InChI is InChI=1S/C13H17NO2S/c1-2-10(13-7-14-4-5-15-13)6-11(3-1)16-12-8-17-9-12/h1-3,6,12-14H,4-5,7-9H2. The van der Waals surface area contributed by atoms with Crippen LogP contribution in [-0.4, -0.2) is 37.3 Å². The maximum absolute atomic E-state index is 5.88. The molecule has 2 aliphatic rings. The van der Waals surface area contributed by atoms with Gasteiger partial charge in [0, 0.05) is 24.6 Å². The van der Waals surface area contributed by atoms with Crippen molar-refractivity contribution in [3.63, 3.8) is 0 Å². The number of ether oxygens (including phenoxy) is 2. The highest BCUT2D eigenvalue weighted by Crippen LogP contribution is 2.27. The number of rotatable bonds is 3. The largest absolute Gasteiger partial charge is 0.489 e. The lowest BCUT2D eigenvalue weighted by Gasteiger charge is -2.27. The second-order valence-corrected chi connectivity index (χ2v) is 5.49. The molecule has 0 radical (unpaired) electrons. The molecule has 0 aromatic heterocycles. The maximum Gasteiger partial charge on any atom is 0.120 e. The fourth-order valence-electron chi connectivity index (χ4n) is 2.04. The highest BCUT2D eigenvalue weighted by Gasteiger charge is 2.21. The highest BCUT2D eigenvalue weighted by molar-refractivity contribution is 8.00. The second kappa shape index (κ2) is 5.29. The van der Waals surface area contributed by atoms with Crippen molar-refractivity contribution in [2.45, 2.75) is 12.2 Å². The third kappa shape index (κ3) is 2.76. The van der Waals surface area contributed by atoms with E-state index in [1.807, 2.05) is 17.8 Å². The predicted octanol–water partition coefficient (Wildman–Crippen LogP) is 1.84. The molecule has 0 spiro atoms. The molecule has 0 saturated carbocycles. The van der Waals surface area contributed by atoms with Gasteiger partial charge in [-0.2, -0.15) is 11.8 Å². The number of nitrogens with one attached hydrogen (secondary N) is 1. The first-order chi connectivity index (χ1) is 8.42. The van der Waals surface area contributed by atoms with E-state index in [1.54, 1.807) is 0 Å². The highest BCUT2D eigenvalue weighted by atomic mass is 32.2. The normalized spacial score (nSPS) is 25.3. The van der Waals surface area contributed by atoms with Gasteiger partial charge in [-0.15, -0.1) is 0 Å². The molecule has 4 heteroatoms. The lowest BCUT2D eigenvalue weighted by Crippen LogP contribution is -2.33. The molecule has 92 valence electrons. The van der Waals surface area contributed by atoms with Crippen LogP contribution in [-0.2, 0) is 4.74 Å². The first-order valence-corrected chi connectivity index (χ1v) is 7.24. The van der Waals surface area contributed by atoms with Gasteiger partial charge in [-0.25, -0.2) is 0 Å². The molecule has 1 aromatic carbocycles. The molecule has 1 N–H and O–H groups in total. The van der Waals surface area contributed by atoms with E-state index in [9.17, 15) is 0 Å². The van der Waals surface area contributed by atoms with E-state index in [-0.39, 0.29) is 6.10 Å². The SMILES string of the molecule is c1cc(OC2CSC2)cc(C2CNCCO2)c1. The van der Waals surface area contributed by atoms with Crippen LogP contribution in [0.1, 0.15) is 11.7 Å². The van der Waals surface area contributed by atoms with Crippen LogP contribution in [0.5, 0.6) is 5.75 Å². The van der Waals surface area contributed by atoms with Gasteiger partial charge in [-0.3, -0.25) is 0 Å². The van der Waals surface area contributed by atoms with Crippen molar-refractivity contribution in [3.8, 4) is 5.75 Å². The second-order valence-electron chi connectivity index (χ2n) is 4.41. The molecule has 2 saturated heterocycles. The van der Waals surface area contributed by atoms with Crippen molar-refractivity contribution in [2.24, 2.45) is 0 Å². The molecule has 2 fully saturated rings. The summed E-state index contributed by atoms with van der Waals surface area (Å²) in [6.45, 7) is 2.63. The Kier molecular flexibility index (Phi) is 3.54. The van der Waals surface area contributed by atoms with Crippen LogP contribution >= 0.6 is 11.8 Å². The summed E-state index contributed by atoms with van der Waals surface area (Å²) in [6, 6.07) is 8.30. The Morgan fingerprint density at radius 2 is 2.29 bits per heavy atom. The summed E-state index contributed by atoms with van der Waals surface area (Å²) in [6.07, 6.45) is 0.573. The van der Waals surface area contributed by atoms with Gasteiger partial charge in [0.2, 0.25) is 0 Å². The summed E-state index contributed by atoms with van der Waals surface area (Å²) in [5.41, 5.74) is 1.21. The zero-order chi connectivity index (χ0) is 11.5. The average molecular weight is 251 g/mol. The minimum Gasteiger partial charge on any atom is -0.489 e. The lowest BCUT2D eigenvalue weighted by molar-refractivity contribution is 0.0275. The van der Waals surface area contributed by atoms with Crippen molar-refractivity contribution in [2.75, 3.05) is 31.2 Å². The molecule has 2 aliphatic heterocycles. The van der Waals surface area contributed by atoms with Crippen LogP contribution in [0, 0.1) is 0 Å². The van der Waals surface area contributed by atoms with Crippen LogP contribution in [0.4, 0.5) is 0 Å². The quantitative estimate of drug-likeness (QED) is 0.888. The summed E-state index contributed by atoms with van der Waals surface area (Å²) < 4.78 is 11.6. The van der Waals surface area contributed by atoms with Crippen molar-refractivity contribution >= 4 is 11.8 Å². The molecular formula is C13H17NO2S. The number of thioether (sulfide) groups is 1. The van der Waals surface area contributed by atoms with Gasteiger partial charge in [0.05, 0.1) is 12.7 Å². The molecule has 0 aliphatic carbocycles. The fourth-order valence-corrected chi connectivity index (χ4v) is 2.61. The van der Waals surface area contributed by atoms with Gasteiger partial charge >= 0.3 is 0 Å². The minimum atomic E-state index is 0.170. The number of hydrogen-bond donors (Lipinski definition) is 1. The Morgan fingerprint density at radius 1 is 1.35 bits per heavy atom. The molecular weight excluding hydrogens is 234 g/mol. The van der Waals surface area contributed by atoms with E-state index in [1.165, 1.54) is 5.56 Å². The van der Waals surface area contributed by atoms with Crippen LogP contribution in [0.25, 0.3) is 0 Å². The fraction of sp³-hybridized carbons (Fsp3) is 0.538. The van der Waals surface area contributed by atoms with E-state index in [2.05, 4.69) is 23.5 Å². The zero-order valence-corrected chi connectivity index (χ0v) is 10.5. The van der Waals surface area contributed by atoms with E-state index in [0.717, 1.165) is 37.0 Å². The predicted molar refractivity (Wildman–Crippen MR) is 69.7 cm³/mol. The minimum absolute atomic E-state index is 0.170. The van der Waals surface area contributed by atoms with Crippen LogP contribution < -0.4 is 10.1 Å². The van der Waals surface area contributed by atoms with Gasteiger partial charge < -0.3 is 14.8 Å². The van der Waals surface area contributed by atoms with E-state index in [4.69, 9.17) is 9.47 Å². The molecule has 1 unspecified atom stereocenters. The average Bonchev–Trinajstić information content (AvgIpc) is 2.35.